The van der Waals surface area contributed by atoms with E-state index in [9.17, 15) is 4.79 Å². The van der Waals surface area contributed by atoms with Crippen LogP contribution in [0.5, 0.6) is 0 Å². The van der Waals surface area contributed by atoms with Crippen molar-refractivity contribution in [2.45, 2.75) is 33.1 Å². The molecule has 3 nitrogen and oxygen atoms in total. The van der Waals surface area contributed by atoms with Crippen molar-refractivity contribution in [3.05, 3.63) is 23.8 Å². The van der Waals surface area contributed by atoms with E-state index in [2.05, 4.69) is 22.3 Å². The average molecular weight is 232 g/mol. The molecule has 1 saturated heterocycles. The van der Waals surface area contributed by atoms with Gasteiger partial charge < -0.3 is 10.2 Å². The Morgan fingerprint density at radius 2 is 2.06 bits per heavy atom. The molecule has 1 heterocycles. The van der Waals surface area contributed by atoms with E-state index in [0.29, 0.717) is 6.42 Å². The highest BCUT2D eigenvalue weighted by Crippen LogP contribution is 2.25. The van der Waals surface area contributed by atoms with Gasteiger partial charge in [0.15, 0.2) is 0 Å². The second-order valence-corrected chi connectivity index (χ2v) is 4.60. The van der Waals surface area contributed by atoms with Crippen molar-refractivity contribution < 1.29 is 4.79 Å². The first-order valence-corrected chi connectivity index (χ1v) is 6.36. The van der Waals surface area contributed by atoms with Crippen LogP contribution in [0.1, 0.15) is 31.7 Å². The van der Waals surface area contributed by atoms with Gasteiger partial charge in [-0.05, 0) is 43.5 Å². The van der Waals surface area contributed by atoms with Crippen molar-refractivity contribution in [1.82, 2.24) is 0 Å². The molecule has 92 valence electrons. The predicted octanol–water partition coefficient (Wildman–Crippen LogP) is 2.94. The van der Waals surface area contributed by atoms with Crippen molar-refractivity contribution in [2.24, 2.45) is 0 Å². The van der Waals surface area contributed by atoms with Gasteiger partial charge in [-0.1, -0.05) is 6.92 Å². The van der Waals surface area contributed by atoms with Crippen LogP contribution < -0.4 is 10.2 Å². The van der Waals surface area contributed by atoms with Gasteiger partial charge in [0.25, 0.3) is 0 Å². The highest BCUT2D eigenvalue weighted by molar-refractivity contribution is 5.91. The second kappa shape index (κ2) is 5.21. The zero-order valence-corrected chi connectivity index (χ0v) is 10.6. The van der Waals surface area contributed by atoms with Crippen molar-refractivity contribution in [1.29, 1.82) is 0 Å². The number of hydrogen-bond donors (Lipinski definition) is 1. The number of hydrogen-bond acceptors (Lipinski definition) is 2. The molecule has 3 heteroatoms. The van der Waals surface area contributed by atoms with Gasteiger partial charge in [0.2, 0.25) is 5.91 Å². The number of nitrogens with one attached hydrogen (secondary N) is 1. The summed E-state index contributed by atoms with van der Waals surface area (Å²) >= 11 is 0. The Bertz CT molecular complexity index is 409. The summed E-state index contributed by atoms with van der Waals surface area (Å²) in [4.78, 5) is 13.8. The molecule has 1 aromatic rings. The summed E-state index contributed by atoms with van der Waals surface area (Å²) in [6.45, 7) is 6.22. The van der Waals surface area contributed by atoms with E-state index in [1.165, 1.54) is 18.5 Å². The van der Waals surface area contributed by atoms with Gasteiger partial charge in [0, 0.05) is 30.9 Å². The smallest absolute Gasteiger partial charge is 0.224 e. The molecule has 1 N–H and O–H groups in total. The maximum atomic E-state index is 11.4. The summed E-state index contributed by atoms with van der Waals surface area (Å²) in [5.41, 5.74) is 3.34. The van der Waals surface area contributed by atoms with Crippen LogP contribution in [0.3, 0.4) is 0 Å². The Morgan fingerprint density at radius 3 is 2.65 bits per heavy atom. The third kappa shape index (κ3) is 2.78. The highest BCUT2D eigenvalue weighted by Gasteiger charge is 2.13. The summed E-state index contributed by atoms with van der Waals surface area (Å²) in [6.07, 6.45) is 3.09. The molecule has 0 spiro atoms. The normalized spacial score (nSPS) is 15.1. The van der Waals surface area contributed by atoms with Gasteiger partial charge in [-0.2, -0.15) is 0 Å². The number of amides is 1. The number of aryl methyl sites for hydroxylation is 1. The first-order valence-electron chi connectivity index (χ1n) is 6.36. The van der Waals surface area contributed by atoms with Crippen LogP contribution in [0.2, 0.25) is 0 Å². The highest BCUT2D eigenvalue weighted by atomic mass is 16.1. The molecule has 0 saturated carbocycles. The Kier molecular flexibility index (Phi) is 3.67. The molecule has 0 radical (unpaired) electrons. The zero-order valence-electron chi connectivity index (χ0n) is 10.6. The average Bonchev–Trinajstić information content (AvgIpc) is 2.85. The quantitative estimate of drug-likeness (QED) is 0.869. The Hall–Kier alpha value is -1.51. The maximum Gasteiger partial charge on any atom is 0.224 e. The number of nitrogens with zero attached hydrogens (tertiary/aromatic N) is 1. The molecular formula is C14H20N2O. The van der Waals surface area contributed by atoms with Gasteiger partial charge in [-0.25, -0.2) is 0 Å². The minimum absolute atomic E-state index is 0.0713. The molecule has 1 aliphatic rings. The summed E-state index contributed by atoms with van der Waals surface area (Å²) in [6, 6.07) is 6.27. The summed E-state index contributed by atoms with van der Waals surface area (Å²) in [7, 11) is 0. The van der Waals surface area contributed by atoms with Gasteiger partial charge in [-0.3, -0.25) is 4.79 Å². The number of carbonyl (C=O) groups excluding carboxylic acids is 1. The lowest BCUT2D eigenvalue weighted by molar-refractivity contribution is -0.115. The van der Waals surface area contributed by atoms with Crippen LogP contribution in [0, 0.1) is 6.92 Å². The molecular weight excluding hydrogens is 212 g/mol. The number of benzene rings is 1. The van der Waals surface area contributed by atoms with Crippen molar-refractivity contribution in [3.8, 4) is 0 Å². The largest absolute Gasteiger partial charge is 0.372 e. The van der Waals surface area contributed by atoms with E-state index in [-0.39, 0.29) is 5.91 Å². The molecule has 1 aromatic carbocycles. The third-order valence-corrected chi connectivity index (χ3v) is 3.28. The standard InChI is InChI=1S/C14H20N2O/c1-3-14(17)15-13-7-6-12(10-11(13)2)16-8-4-5-9-16/h6-7,10H,3-5,8-9H2,1-2H3,(H,15,17). The van der Waals surface area contributed by atoms with Gasteiger partial charge in [-0.15, -0.1) is 0 Å². The lowest BCUT2D eigenvalue weighted by Crippen LogP contribution is -2.18. The lowest BCUT2D eigenvalue weighted by Gasteiger charge is -2.19. The molecule has 0 unspecified atom stereocenters. The Labute approximate surface area is 103 Å². The van der Waals surface area contributed by atoms with Crippen molar-refractivity contribution in [2.75, 3.05) is 23.3 Å². The van der Waals surface area contributed by atoms with Crippen LogP contribution >= 0.6 is 0 Å². The SMILES string of the molecule is CCC(=O)Nc1ccc(N2CCCC2)cc1C. The van der Waals surface area contributed by atoms with E-state index in [1.54, 1.807) is 0 Å². The molecule has 1 aliphatic heterocycles. The maximum absolute atomic E-state index is 11.4. The van der Waals surface area contributed by atoms with Crippen LogP contribution in [-0.4, -0.2) is 19.0 Å². The van der Waals surface area contributed by atoms with E-state index in [1.807, 2.05) is 19.9 Å². The van der Waals surface area contributed by atoms with E-state index in [4.69, 9.17) is 0 Å². The Morgan fingerprint density at radius 1 is 1.35 bits per heavy atom. The molecule has 0 aromatic heterocycles. The topological polar surface area (TPSA) is 32.3 Å². The fraction of sp³-hybridized carbons (Fsp3) is 0.500. The van der Waals surface area contributed by atoms with Crippen molar-refractivity contribution >= 4 is 17.3 Å². The first-order chi connectivity index (χ1) is 8.20. The molecule has 0 aliphatic carbocycles. The van der Waals surface area contributed by atoms with Crippen LogP contribution in [0.15, 0.2) is 18.2 Å². The fourth-order valence-corrected chi connectivity index (χ4v) is 2.20. The zero-order chi connectivity index (χ0) is 12.3. The molecule has 1 fully saturated rings. The predicted molar refractivity (Wildman–Crippen MR) is 71.5 cm³/mol. The molecule has 0 atom stereocenters. The number of rotatable bonds is 3. The molecule has 1 amide bonds. The minimum atomic E-state index is 0.0713. The van der Waals surface area contributed by atoms with Crippen LogP contribution in [0.4, 0.5) is 11.4 Å². The van der Waals surface area contributed by atoms with Gasteiger partial charge in [0.05, 0.1) is 0 Å². The van der Waals surface area contributed by atoms with Crippen LogP contribution in [-0.2, 0) is 4.79 Å². The van der Waals surface area contributed by atoms with Crippen molar-refractivity contribution in [3.63, 3.8) is 0 Å². The van der Waals surface area contributed by atoms with E-state index in [0.717, 1.165) is 24.3 Å². The molecule has 2 rings (SSSR count). The number of anilines is 2. The molecule has 0 bridgehead atoms. The number of carbonyl (C=O) groups is 1. The minimum Gasteiger partial charge on any atom is -0.372 e. The van der Waals surface area contributed by atoms with Gasteiger partial charge >= 0.3 is 0 Å². The first kappa shape index (κ1) is 12.0. The lowest BCUT2D eigenvalue weighted by atomic mass is 10.1. The third-order valence-electron chi connectivity index (χ3n) is 3.28. The van der Waals surface area contributed by atoms with E-state index >= 15 is 0 Å². The monoisotopic (exact) mass is 232 g/mol. The summed E-state index contributed by atoms with van der Waals surface area (Å²) in [5, 5.41) is 2.92. The molecule has 17 heavy (non-hydrogen) atoms. The second-order valence-electron chi connectivity index (χ2n) is 4.60. The summed E-state index contributed by atoms with van der Waals surface area (Å²) < 4.78 is 0. The summed E-state index contributed by atoms with van der Waals surface area (Å²) in [5.74, 6) is 0.0713. The van der Waals surface area contributed by atoms with E-state index < -0.39 is 0 Å². The van der Waals surface area contributed by atoms with Crippen LogP contribution in [0.25, 0.3) is 0 Å². The Balaban J connectivity index is 2.13. The fourth-order valence-electron chi connectivity index (χ4n) is 2.20. The van der Waals surface area contributed by atoms with Gasteiger partial charge in [0.1, 0.15) is 0 Å².